The van der Waals surface area contributed by atoms with Gasteiger partial charge in [-0.15, -0.1) is 11.3 Å². The first-order valence-electron chi connectivity index (χ1n) is 6.37. The molecule has 0 bridgehead atoms. The molecule has 0 aliphatic carbocycles. The predicted molar refractivity (Wildman–Crippen MR) is 89.4 cm³/mol. The van der Waals surface area contributed by atoms with Crippen molar-refractivity contribution in [3.05, 3.63) is 55.1 Å². The van der Waals surface area contributed by atoms with Crippen molar-refractivity contribution >= 4 is 55.0 Å². The molecular weight excluding hydrogens is 418 g/mol. The van der Waals surface area contributed by atoms with Gasteiger partial charge < -0.3 is 0 Å². The maximum absolute atomic E-state index is 12.4. The van der Waals surface area contributed by atoms with Gasteiger partial charge in [-0.2, -0.15) is 0 Å². The van der Waals surface area contributed by atoms with Crippen molar-refractivity contribution in [2.24, 2.45) is 0 Å². The molecule has 1 N–H and O–H groups in total. The fourth-order valence-corrected chi connectivity index (χ4v) is 4.64. The van der Waals surface area contributed by atoms with Crippen molar-refractivity contribution in [3.63, 3.8) is 0 Å². The van der Waals surface area contributed by atoms with E-state index in [2.05, 4.69) is 37.2 Å². The highest BCUT2D eigenvalue weighted by Crippen LogP contribution is 2.42. The molecule has 2 aromatic rings. The number of imide groups is 1. The van der Waals surface area contributed by atoms with Crippen LogP contribution in [0.3, 0.4) is 0 Å². The van der Waals surface area contributed by atoms with E-state index in [1.807, 2.05) is 35.7 Å². The molecule has 1 aromatic carbocycles. The van der Waals surface area contributed by atoms with Gasteiger partial charge >= 0.3 is 0 Å². The minimum Gasteiger partial charge on any atom is -0.296 e. The van der Waals surface area contributed by atoms with Crippen LogP contribution in [0.25, 0.3) is 0 Å². The van der Waals surface area contributed by atoms with E-state index in [0.717, 1.165) is 19.4 Å². The second kappa shape index (κ2) is 6.02. The Labute approximate surface area is 143 Å². The lowest BCUT2D eigenvalue weighted by molar-refractivity contribution is -0.135. The Morgan fingerprint density at radius 2 is 1.95 bits per heavy atom. The van der Waals surface area contributed by atoms with Gasteiger partial charge in [0, 0.05) is 31.5 Å². The summed E-state index contributed by atoms with van der Waals surface area (Å²) in [4.78, 5) is 25.2. The number of carbonyl (C=O) groups is 2. The van der Waals surface area contributed by atoms with E-state index in [1.54, 1.807) is 11.3 Å². The van der Waals surface area contributed by atoms with Gasteiger partial charge in [0.25, 0.3) is 0 Å². The largest absolute Gasteiger partial charge is 0.296 e. The van der Waals surface area contributed by atoms with Gasteiger partial charge in [-0.1, -0.05) is 28.1 Å². The second-order valence-electron chi connectivity index (χ2n) is 4.92. The molecule has 2 heterocycles. The van der Waals surface area contributed by atoms with Crippen molar-refractivity contribution in [1.29, 1.82) is 0 Å². The van der Waals surface area contributed by atoms with Crippen LogP contribution in [0.2, 0.25) is 0 Å². The Kier molecular flexibility index (Phi) is 4.28. The molecule has 1 aliphatic heterocycles. The molecule has 1 aliphatic rings. The average Bonchev–Trinajstić information content (AvgIpc) is 2.84. The Bertz CT molecular complexity index is 713. The van der Waals surface area contributed by atoms with Crippen LogP contribution in [0.5, 0.6) is 0 Å². The molecule has 1 saturated heterocycles. The Morgan fingerprint density at radius 3 is 2.62 bits per heavy atom. The summed E-state index contributed by atoms with van der Waals surface area (Å²) in [6, 6.07) is 9.69. The summed E-state index contributed by atoms with van der Waals surface area (Å²) >= 11 is 8.44. The van der Waals surface area contributed by atoms with Crippen LogP contribution in [-0.2, 0) is 9.59 Å². The number of nitrogens with one attached hydrogen (secondary N) is 1. The number of benzene rings is 1. The average molecular weight is 429 g/mol. The topological polar surface area (TPSA) is 46.2 Å². The van der Waals surface area contributed by atoms with E-state index in [0.29, 0.717) is 6.42 Å². The normalized spacial score (nSPS) is 22.2. The summed E-state index contributed by atoms with van der Waals surface area (Å²) in [7, 11) is 0. The number of amides is 2. The van der Waals surface area contributed by atoms with Crippen LogP contribution in [0, 0.1) is 0 Å². The van der Waals surface area contributed by atoms with Gasteiger partial charge in [-0.3, -0.25) is 14.9 Å². The number of thiophene rings is 1. The van der Waals surface area contributed by atoms with E-state index >= 15 is 0 Å². The van der Waals surface area contributed by atoms with E-state index in [9.17, 15) is 9.59 Å². The first kappa shape index (κ1) is 14.9. The molecule has 3 rings (SSSR count). The Morgan fingerprint density at radius 1 is 1.14 bits per heavy atom. The highest BCUT2D eigenvalue weighted by molar-refractivity contribution is 9.10. The fraction of sp³-hybridized carbons (Fsp3) is 0.200. The minimum atomic E-state index is -0.342. The molecule has 0 radical (unpaired) electrons. The number of carbonyl (C=O) groups excluding carboxylic acids is 2. The maximum Gasteiger partial charge on any atom is 0.234 e. The molecule has 3 nitrogen and oxygen atoms in total. The lowest BCUT2D eigenvalue weighted by atomic mass is 9.80. The highest BCUT2D eigenvalue weighted by atomic mass is 79.9. The lowest BCUT2D eigenvalue weighted by Crippen LogP contribution is -2.43. The lowest BCUT2D eigenvalue weighted by Gasteiger charge is -2.29. The first-order valence-corrected chi connectivity index (χ1v) is 8.84. The van der Waals surface area contributed by atoms with Crippen LogP contribution < -0.4 is 5.32 Å². The zero-order valence-electron chi connectivity index (χ0n) is 10.8. The van der Waals surface area contributed by atoms with Gasteiger partial charge in [0.05, 0.1) is 5.92 Å². The van der Waals surface area contributed by atoms with Crippen molar-refractivity contribution in [2.45, 2.75) is 18.3 Å². The zero-order valence-corrected chi connectivity index (χ0v) is 14.8. The molecule has 6 heteroatoms. The Balaban J connectivity index is 2.04. The van der Waals surface area contributed by atoms with Crippen molar-refractivity contribution in [2.75, 3.05) is 0 Å². The summed E-state index contributed by atoms with van der Waals surface area (Å²) in [5, 5.41) is 4.43. The number of hydrogen-bond donors (Lipinski definition) is 1. The summed E-state index contributed by atoms with van der Waals surface area (Å²) in [5.41, 5.74) is 0.920. The molecule has 0 saturated carbocycles. The number of halogens is 2. The standard InChI is InChI=1S/C15H11Br2NO2S/c16-9-3-1-2-8(4-9)14-11(6-13(19)18-15(14)20)12-5-10(17)7-21-12/h1-5,7,11,14H,6H2,(H,18,19,20). The van der Waals surface area contributed by atoms with Gasteiger partial charge in [-0.05, 0) is 39.7 Å². The molecule has 1 fully saturated rings. The summed E-state index contributed by atoms with van der Waals surface area (Å²) in [6.45, 7) is 0. The third-order valence-electron chi connectivity index (χ3n) is 3.51. The first-order chi connectivity index (χ1) is 10.0. The van der Waals surface area contributed by atoms with Gasteiger partial charge in [0.15, 0.2) is 0 Å². The van der Waals surface area contributed by atoms with E-state index in [1.165, 1.54) is 0 Å². The summed E-state index contributed by atoms with van der Waals surface area (Å²) in [5.74, 6) is -0.887. The second-order valence-corrected chi connectivity index (χ2v) is 7.70. The zero-order chi connectivity index (χ0) is 15.0. The number of hydrogen-bond acceptors (Lipinski definition) is 3. The number of piperidine rings is 1. The van der Waals surface area contributed by atoms with Crippen molar-refractivity contribution < 1.29 is 9.59 Å². The summed E-state index contributed by atoms with van der Waals surface area (Å²) < 4.78 is 1.91. The Hall–Kier alpha value is -0.980. The predicted octanol–water partition coefficient (Wildman–Crippen LogP) is 4.19. The molecule has 2 amide bonds. The highest BCUT2D eigenvalue weighted by Gasteiger charge is 2.38. The molecule has 1 aromatic heterocycles. The minimum absolute atomic E-state index is 0.114. The smallest absolute Gasteiger partial charge is 0.234 e. The SMILES string of the molecule is O=C1CC(c2cc(Br)cs2)C(c2cccc(Br)c2)C(=O)N1. The molecule has 108 valence electrons. The third-order valence-corrected chi connectivity index (χ3v) is 5.83. The fourth-order valence-electron chi connectivity index (χ4n) is 2.64. The van der Waals surface area contributed by atoms with Crippen LogP contribution in [0.15, 0.2) is 44.7 Å². The van der Waals surface area contributed by atoms with Crippen molar-refractivity contribution in [3.8, 4) is 0 Å². The van der Waals surface area contributed by atoms with E-state index in [4.69, 9.17) is 0 Å². The monoisotopic (exact) mass is 427 g/mol. The van der Waals surface area contributed by atoms with Gasteiger partial charge in [0.1, 0.15) is 0 Å². The van der Waals surface area contributed by atoms with Crippen LogP contribution in [0.1, 0.15) is 28.7 Å². The van der Waals surface area contributed by atoms with Crippen molar-refractivity contribution in [1.82, 2.24) is 5.32 Å². The van der Waals surface area contributed by atoms with Crippen LogP contribution in [-0.4, -0.2) is 11.8 Å². The van der Waals surface area contributed by atoms with E-state index < -0.39 is 0 Å². The molecule has 2 unspecified atom stereocenters. The van der Waals surface area contributed by atoms with Crippen LogP contribution >= 0.6 is 43.2 Å². The van der Waals surface area contributed by atoms with Crippen LogP contribution in [0.4, 0.5) is 0 Å². The maximum atomic E-state index is 12.4. The third kappa shape index (κ3) is 3.12. The van der Waals surface area contributed by atoms with E-state index in [-0.39, 0.29) is 23.7 Å². The molecule has 21 heavy (non-hydrogen) atoms. The molecule has 0 spiro atoms. The molecular formula is C15H11Br2NO2S. The quantitative estimate of drug-likeness (QED) is 0.729. The summed E-state index contributed by atoms with van der Waals surface area (Å²) in [6.07, 6.45) is 0.329. The van der Waals surface area contributed by atoms with Gasteiger partial charge in [0.2, 0.25) is 11.8 Å². The number of rotatable bonds is 2. The van der Waals surface area contributed by atoms with Gasteiger partial charge in [-0.25, -0.2) is 0 Å². The molecule has 2 atom stereocenters.